The lowest BCUT2D eigenvalue weighted by molar-refractivity contribution is -0.133. The highest BCUT2D eigenvalue weighted by Crippen LogP contribution is 2.30. The molecule has 0 N–H and O–H groups in total. The van der Waals surface area contributed by atoms with Crippen LogP contribution in [-0.4, -0.2) is 38.6 Å². The molecule has 1 aromatic rings. The van der Waals surface area contributed by atoms with Gasteiger partial charge < -0.3 is 13.8 Å². The van der Waals surface area contributed by atoms with Gasteiger partial charge in [0.2, 0.25) is 5.91 Å². The van der Waals surface area contributed by atoms with Crippen LogP contribution in [0.25, 0.3) is 0 Å². The summed E-state index contributed by atoms with van der Waals surface area (Å²) in [6.07, 6.45) is 9.73. The number of methoxy groups -OCH3 is 1. The van der Waals surface area contributed by atoms with E-state index in [1.54, 1.807) is 12.1 Å². The van der Waals surface area contributed by atoms with E-state index in [9.17, 15) is 13.2 Å². The molecule has 0 unspecified atom stereocenters. The molecule has 0 saturated heterocycles. The van der Waals surface area contributed by atoms with Crippen LogP contribution >= 0.6 is 0 Å². The zero-order chi connectivity index (χ0) is 21.9. The quantitative estimate of drug-likeness (QED) is 0.311. The van der Waals surface area contributed by atoms with E-state index in [2.05, 4.69) is 6.92 Å². The maximum absolute atomic E-state index is 12.7. The zero-order valence-electron chi connectivity index (χ0n) is 18.6. The van der Waals surface area contributed by atoms with Crippen LogP contribution in [0.5, 0.6) is 11.5 Å². The molecule has 0 saturated carbocycles. The van der Waals surface area contributed by atoms with Crippen molar-refractivity contribution in [2.24, 2.45) is 0 Å². The van der Waals surface area contributed by atoms with Crippen LogP contribution in [0.15, 0.2) is 18.2 Å². The molecule has 0 aliphatic carbocycles. The van der Waals surface area contributed by atoms with Crippen LogP contribution in [0.3, 0.4) is 0 Å². The maximum Gasteiger partial charge on any atom is 0.306 e. The lowest BCUT2D eigenvalue weighted by Gasteiger charge is -2.27. The molecule has 29 heavy (non-hydrogen) atoms. The Bertz CT molecular complexity index is 731. The summed E-state index contributed by atoms with van der Waals surface area (Å²) in [5, 5.41) is 0. The van der Waals surface area contributed by atoms with Crippen LogP contribution in [0, 0.1) is 0 Å². The summed E-state index contributed by atoms with van der Waals surface area (Å²) in [6.45, 7) is 6.58. The van der Waals surface area contributed by atoms with Gasteiger partial charge in [0.25, 0.3) is 0 Å². The van der Waals surface area contributed by atoms with Gasteiger partial charge in [-0.15, -0.1) is 0 Å². The van der Waals surface area contributed by atoms with Crippen molar-refractivity contribution in [3.05, 3.63) is 23.8 Å². The Balaban J connectivity index is 2.71. The van der Waals surface area contributed by atoms with Crippen molar-refractivity contribution < 1.29 is 22.1 Å². The summed E-state index contributed by atoms with van der Waals surface area (Å²) >= 11 is 0. The number of carbonyl (C=O) groups excluding carboxylic acids is 1. The van der Waals surface area contributed by atoms with E-state index in [4.69, 9.17) is 8.92 Å². The van der Waals surface area contributed by atoms with Gasteiger partial charge in [-0.2, -0.15) is 8.42 Å². The molecule has 6 nitrogen and oxygen atoms in total. The van der Waals surface area contributed by atoms with E-state index in [1.165, 1.54) is 39.2 Å². The number of carbonyl (C=O) groups is 1. The standard InChI is InChI=1S/C22H37NO5S/c1-6-7-8-9-10-11-12-13-22(24)23(18(2)3)17-19-14-15-20(27-4)21(16-19)28-29(5,25)26/h14-16,18H,6-13,17H2,1-5H3. The van der Waals surface area contributed by atoms with Gasteiger partial charge >= 0.3 is 10.1 Å². The number of amides is 1. The van der Waals surface area contributed by atoms with E-state index < -0.39 is 10.1 Å². The summed E-state index contributed by atoms with van der Waals surface area (Å²) < 4.78 is 33.2. The van der Waals surface area contributed by atoms with Gasteiger partial charge in [0.1, 0.15) is 0 Å². The minimum atomic E-state index is -3.67. The van der Waals surface area contributed by atoms with E-state index in [0.29, 0.717) is 18.7 Å². The van der Waals surface area contributed by atoms with Crippen molar-refractivity contribution in [2.75, 3.05) is 13.4 Å². The van der Waals surface area contributed by atoms with Crippen LogP contribution in [0.2, 0.25) is 0 Å². The number of ether oxygens (including phenoxy) is 1. The van der Waals surface area contributed by atoms with Crippen LogP contribution in [-0.2, 0) is 21.5 Å². The first-order valence-electron chi connectivity index (χ1n) is 10.5. The van der Waals surface area contributed by atoms with Crippen molar-refractivity contribution in [3.8, 4) is 11.5 Å². The Morgan fingerprint density at radius 3 is 2.21 bits per heavy atom. The predicted molar refractivity (Wildman–Crippen MR) is 117 cm³/mol. The van der Waals surface area contributed by atoms with Gasteiger partial charge in [-0.3, -0.25) is 4.79 Å². The fourth-order valence-electron chi connectivity index (χ4n) is 3.18. The van der Waals surface area contributed by atoms with E-state index >= 15 is 0 Å². The number of hydrogen-bond acceptors (Lipinski definition) is 5. The highest BCUT2D eigenvalue weighted by Gasteiger charge is 2.19. The molecule has 0 radical (unpaired) electrons. The van der Waals surface area contributed by atoms with E-state index in [-0.39, 0.29) is 17.7 Å². The van der Waals surface area contributed by atoms with Crippen molar-refractivity contribution in [1.82, 2.24) is 4.90 Å². The first-order valence-corrected chi connectivity index (χ1v) is 12.4. The number of benzene rings is 1. The molecule has 1 rings (SSSR count). The molecule has 0 bridgehead atoms. The largest absolute Gasteiger partial charge is 0.493 e. The Kier molecular flexibility index (Phi) is 11.1. The fourth-order valence-corrected chi connectivity index (χ4v) is 3.64. The van der Waals surface area contributed by atoms with Crippen molar-refractivity contribution in [3.63, 3.8) is 0 Å². The second-order valence-electron chi connectivity index (χ2n) is 7.76. The normalized spacial score (nSPS) is 11.5. The van der Waals surface area contributed by atoms with Crippen LogP contribution in [0.1, 0.15) is 77.7 Å². The summed E-state index contributed by atoms with van der Waals surface area (Å²) in [5.74, 6) is 0.593. The second-order valence-corrected chi connectivity index (χ2v) is 9.33. The monoisotopic (exact) mass is 427 g/mol. The van der Waals surface area contributed by atoms with Gasteiger partial charge in [-0.1, -0.05) is 51.5 Å². The fraction of sp³-hybridized carbons (Fsp3) is 0.682. The third-order valence-electron chi connectivity index (χ3n) is 4.76. The summed E-state index contributed by atoms with van der Waals surface area (Å²) in [7, 11) is -2.22. The third-order valence-corrected chi connectivity index (χ3v) is 5.24. The Morgan fingerprint density at radius 2 is 1.66 bits per heavy atom. The minimum absolute atomic E-state index is 0.0495. The lowest BCUT2D eigenvalue weighted by Crippen LogP contribution is -2.36. The topological polar surface area (TPSA) is 72.9 Å². The number of nitrogens with zero attached hydrogens (tertiary/aromatic N) is 1. The van der Waals surface area contributed by atoms with Crippen molar-refractivity contribution in [1.29, 1.82) is 0 Å². The third kappa shape index (κ3) is 10.0. The molecule has 0 aromatic heterocycles. The molecule has 166 valence electrons. The smallest absolute Gasteiger partial charge is 0.306 e. The van der Waals surface area contributed by atoms with Gasteiger partial charge in [0, 0.05) is 19.0 Å². The Labute approximate surface area is 176 Å². The van der Waals surface area contributed by atoms with Gasteiger partial charge in [0.15, 0.2) is 11.5 Å². The van der Waals surface area contributed by atoms with Gasteiger partial charge in [-0.05, 0) is 38.0 Å². The average Bonchev–Trinajstić information content (AvgIpc) is 2.64. The van der Waals surface area contributed by atoms with Crippen LogP contribution in [0.4, 0.5) is 0 Å². The Hall–Kier alpha value is -1.76. The molecule has 0 atom stereocenters. The molecular weight excluding hydrogens is 390 g/mol. The Morgan fingerprint density at radius 1 is 1.03 bits per heavy atom. The van der Waals surface area contributed by atoms with Crippen LogP contribution < -0.4 is 8.92 Å². The maximum atomic E-state index is 12.7. The molecule has 0 aliphatic rings. The molecule has 0 heterocycles. The molecule has 0 fully saturated rings. The summed E-state index contributed by atoms with van der Waals surface area (Å²) in [6, 6.07) is 5.16. The highest BCUT2D eigenvalue weighted by molar-refractivity contribution is 7.86. The molecular formula is C22H37NO5S. The van der Waals surface area contributed by atoms with Gasteiger partial charge in [0.05, 0.1) is 13.4 Å². The molecule has 7 heteroatoms. The number of unbranched alkanes of at least 4 members (excludes halogenated alkanes) is 6. The molecule has 1 aromatic carbocycles. The zero-order valence-corrected chi connectivity index (χ0v) is 19.4. The summed E-state index contributed by atoms with van der Waals surface area (Å²) in [5.41, 5.74) is 0.797. The van der Waals surface area contributed by atoms with E-state index in [0.717, 1.165) is 24.7 Å². The van der Waals surface area contributed by atoms with E-state index in [1.807, 2.05) is 24.8 Å². The van der Waals surface area contributed by atoms with Crippen molar-refractivity contribution >= 4 is 16.0 Å². The minimum Gasteiger partial charge on any atom is -0.493 e. The second kappa shape index (κ2) is 12.7. The predicted octanol–water partition coefficient (Wildman–Crippen LogP) is 4.91. The first kappa shape index (κ1) is 25.3. The highest BCUT2D eigenvalue weighted by atomic mass is 32.2. The summed E-state index contributed by atoms with van der Waals surface area (Å²) in [4.78, 5) is 14.6. The lowest BCUT2D eigenvalue weighted by atomic mass is 10.1. The molecule has 1 amide bonds. The van der Waals surface area contributed by atoms with Gasteiger partial charge in [-0.25, -0.2) is 0 Å². The SMILES string of the molecule is CCCCCCCCCC(=O)N(Cc1ccc(OC)c(OS(C)(=O)=O)c1)C(C)C. The molecule has 0 aliphatic heterocycles. The molecule has 0 spiro atoms. The average molecular weight is 428 g/mol. The number of hydrogen-bond donors (Lipinski definition) is 0. The number of rotatable bonds is 14. The first-order chi connectivity index (χ1) is 13.7. The van der Waals surface area contributed by atoms with Crippen molar-refractivity contribution in [2.45, 2.75) is 84.7 Å².